The van der Waals surface area contributed by atoms with Gasteiger partial charge in [0, 0.05) is 25.7 Å². The zero-order chi connectivity index (χ0) is 15.5. The Kier molecular flexibility index (Phi) is 5.43. The third-order valence-electron chi connectivity index (χ3n) is 5.96. The average molecular weight is 330 g/mol. The molecule has 2 aliphatic heterocycles. The number of rotatable bonds is 5. The van der Waals surface area contributed by atoms with E-state index in [1.165, 1.54) is 51.6 Å². The van der Waals surface area contributed by atoms with Crippen LogP contribution in [0.4, 0.5) is 0 Å². The van der Waals surface area contributed by atoms with Crippen molar-refractivity contribution < 1.29 is 8.42 Å². The Morgan fingerprint density at radius 2 is 1.68 bits per heavy atom. The first kappa shape index (κ1) is 16.7. The quantitative estimate of drug-likeness (QED) is 0.798. The van der Waals surface area contributed by atoms with E-state index in [-0.39, 0.29) is 5.75 Å². The van der Waals surface area contributed by atoms with Gasteiger partial charge in [-0.3, -0.25) is 0 Å². The maximum absolute atomic E-state index is 12.2. The van der Waals surface area contributed by atoms with Crippen LogP contribution in [0.2, 0.25) is 0 Å². The molecule has 6 heteroatoms. The van der Waals surface area contributed by atoms with E-state index in [2.05, 4.69) is 10.6 Å². The summed E-state index contributed by atoms with van der Waals surface area (Å²) in [5, 5.41) is 6.96. The summed E-state index contributed by atoms with van der Waals surface area (Å²) < 4.78 is 26.1. The van der Waals surface area contributed by atoms with E-state index < -0.39 is 10.0 Å². The van der Waals surface area contributed by atoms with Gasteiger partial charge >= 0.3 is 0 Å². The van der Waals surface area contributed by atoms with Gasteiger partial charge in [-0.15, -0.1) is 0 Å². The van der Waals surface area contributed by atoms with Crippen molar-refractivity contribution in [3.8, 4) is 0 Å². The van der Waals surface area contributed by atoms with Crippen molar-refractivity contribution in [2.24, 2.45) is 5.41 Å². The molecule has 3 fully saturated rings. The lowest BCUT2D eigenvalue weighted by molar-refractivity contribution is 0.116. The molecule has 1 saturated carbocycles. The first-order valence-electron chi connectivity index (χ1n) is 9.02. The second-order valence-corrected chi connectivity index (χ2v) is 9.49. The zero-order valence-corrected chi connectivity index (χ0v) is 14.5. The van der Waals surface area contributed by atoms with Crippen LogP contribution < -0.4 is 10.6 Å². The van der Waals surface area contributed by atoms with Crippen molar-refractivity contribution in [3.05, 3.63) is 0 Å². The van der Waals surface area contributed by atoms with E-state index in [0.29, 0.717) is 18.0 Å². The molecular weight excluding hydrogens is 298 g/mol. The van der Waals surface area contributed by atoms with Crippen molar-refractivity contribution in [2.75, 3.05) is 38.5 Å². The molecule has 128 valence electrons. The zero-order valence-electron chi connectivity index (χ0n) is 13.6. The molecule has 3 aliphatic rings. The molecule has 0 unspecified atom stereocenters. The third kappa shape index (κ3) is 4.02. The summed E-state index contributed by atoms with van der Waals surface area (Å²) in [5.41, 5.74) is 0.588. The Balaban J connectivity index is 1.38. The highest BCUT2D eigenvalue weighted by Crippen LogP contribution is 2.43. The normalized spacial score (nSPS) is 27.5. The number of piperidine rings is 1. The molecule has 2 saturated heterocycles. The molecule has 22 heavy (non-hydrogen) atoms. The van der Waals surface area contributed by atoms with Crippen LogP contribution in [0, 0.1) is 5.41 Å². The molecule has 2 heterocycles. The van der Waals surface area contributed by atoms with Crippen LogP contribution in [-0.2, 0) is 10.0 Å². The van der Waals surface area contributed by atoms with Gasteiger partial charge in [-0.25, -0.2) is 12.7 Å². The van der Waals surface area contributed by atoms with Crippen LogP contribution in [-0.4, -0.2) is 57.2 Å². The van der Waals surface area contributed by atoms with E-state index in [0.717, 1.165) is 25.9 Å². The Bertz CT molecular complexity index is 444. The van der Waals surface area contributed by atoms with E-state index in [1.54, 1.807) is 4.31 Å². The topological polar surface area (TPSA) is 61.4 Å². The van der Waals surface area contributed by atoms with E-state index in [4.69, 9.17) is 0 Å². The lowest BCUT2D eigenvalue weighted by atomic mass is 9.67. The fraction of sp³-hybridized carbons (Fsp3) is 1.00. The molecule has 0 atom stereocenters. The smallest absolute Gasteiger partial charge is 0.215 e. The van der Waals surface area contributed by atoms with Crippen molar-refractivity contribution in [1.82, 2.24) is 14.9 Å². The van der Waals surface area contributed by atoms with Gasteiger partial charge < -0.3 is 10.6 Å². The minimum atomic E-state index is -3.03. The molecule has 1 spiro atoms. The standard InChI is InChI=1S/C16H31N3O2S/c20-22(21,19-12-1-2-13-19)14-11-18-15-3-5-16(6-4-15)7-9-17-10-8-16/h15,17-18H,1-14H2. The van der Waals surface area contributed by atoms with Crippen LogP contribution in [0.3, 0.4) is 0 Å². The van der Waals surface area contributed by atoms with Crippen molar-refractivity contribution in [1.29, 1.82) is 0 Å². The fourth-order valence-electron chi connectivity index (χ4n) is 4.38. The first-order valence-corrected chi connectivity index (χ1v) is 10.6. The van der Waals surface area contributed by atoms with Gasteiger partial charge in [0.2, 0.25) is 10.0 Å². The van der Waals surface area contributed by atoms with Crippen LogP contribution in [0.15, 0.2) is 0 Å². The van der Waals surface area contributed by atoms with Crippen LogP contribution in [0.1, 0.15) is 51.4 Å². The molecule has 0 radical (unpaired) electrons. The van der Waals surface area contributed by atoms with Gasteiger partial charge in [0.25, 0.3) is 0 Å². The molecule has 0 bridgehead atoms. The average Bonchev–Trinajstić information content (AvgIpc) is 3.06. The predicted molar refractivity (Wildman–Crippen MR) is 89.4 cm³/mol. The fourth-order valence-corrected chi connectivity index (χ4v) is 5.83. The number of sulfonamides is 1. The summed E-state index contributed by atoms with van der Waals surface area (Å²) in [5.74, 6) is 0.262. The summed E-state index contributed by atoms with van der Waals surface area (Å²) >= 11 is 0. The Morgan fingerprint density at radius 3 is 2.32 bits per heavy atom. The Hall–Kier alpha value is -0.170. The first-order chi connectivity index (χ1) is 10.6. The van der Waals surface area contributed by atoms with E-state index in [9.17, 15) is 8.42 Å². The summed E-state index contributed by atoms with van der Waals surface area (Å²) in [6.07, 6.45) is 9.73. The maximum Gasteiger partial charge on any atom is 0.215 e. The molecule has 0 aromatic carbocycles. The molecular formula is C16H31N3O2S. The lowest BCUT2D eigenvalue weighted by Gasteiger charge is -2.43. The summed E-state index contributed by atoms with van der Waals surface area (Å²) in [7, 11) is -3.03. The van der Waals surface area contributed by atoms with Crippen LogP contribution >= 0.6 is 0 Å². The third-order valence-corrected chi connectivity index (χ3v) is 7.83. The molecule has 0 aromatic heterocycles. The Morgan fingerprint density at radius 1 is 1.05 bits per heavy atom. The molecule has 0 amide bonds. The maximum atomic E-state index is 12.2. The van der Waals surface area contributed by atoms with Crippen LogP contribution in [0.5, 0.6) is 0 Å². The van der Waals surface area contributed by atoms with Gasteiger partial charge in [-0.05, 0) is 69.9 Å². The number of hydrogen-bond acceptors (Lipinski definition) is 4. The number of hydrogen-bond donors (Lipinski definition) is 2. The SMILES string of the molecule is O=S(=O)(CCNC1CCC2(CCNCC2)CC1)N1CCCC1. The monoisotopic (exact) mass is 329 g/mol. The highest BCUT2D eigenvalue weighted by atomic mass is 32.2. The molecule has 1 aliphatic carbocycles. The van der Waals surface area contributed by atoms with Gasteiger partial charge in [0.1, 0.15) is 0 Å². The molecule has 5 nitrogen and oxygen atoms in total. The summed E-state index contributed by atoms with van der Waals surface area (Å²) in [6.45, 7) is 4.40. The van der Waals surface area contributed by atoms with Gasteiger partial charge in [0.05, 0.1) is 5.75 Å². The Labute approximate surface area is 135 Å². The van der Waals surface area contributed by atoms with Crippen LogP contribution in [0.25, 0.3) is 0 Å². The number of nitrogens with one attached hydrogen (secondary N) is 2. The predicted octanol–water partition coefficient (Wildman–Crippen LogP) is 1.31. The van der Waals surface area contributed by atoms with Gasteiger partial charge in [-0.2, -0.15) is 0 Å². The molecule has 2 N–H and O–H groups in total. The summed E-state index contributed by atoms with van der Waals surface area (Å²) in [6, 6.07) is 0.522. The van der Waals surface area contributed by atoms with Crippen molar-refractivity contribution in [2.45, 2.75) is 57.4 Å². The van der Waals surface area contributed by atoms with Gasteiger partial charge in [0.15, 0.2) is 0 Å². The van der Waals surface area contributed by atoms with Crippen molar-refractivity contribution in [3.63, 3.8) is 0 Å². The second kappa shape index (κ2) is 7.16. The highest BCUT2D eigenvalue weighted by Gasteiger charge is 2.36. The van der Waals surface area contributed by atoms with E-state index >= 15 is 0 Å². The second-order valence-electron chi connectivity index (χ2n) is 7.40. The summed E-state index contributed by atoms with van der Waals surface area (Å²) in [4.78, 5) is 0. The lowest BCUT2D eigenvalue weighted by Crippen LogP contribution is -2.44. The van der Waals surface area contributed by atoms with Crippen molar-refractivity contribution >= 4 is 10.0 Å². The highest BCUT2D eigenvalue weighted by molar-refractivity contribution is 7.89. The molecule has 0 aromatic rings. The minimum absolute atomic E-state index is 0.262. The number of nitrogens with zero attached hydrogens (tertiary/aromatic N) is 1. The van der Waals surface area contributed by atoms with E-state index in [1.807, 2.05) is 0 Å². The largest absolute Gasteiger partial charge is 0.317 e. The minimum Gasteiger partial charge on any atom is -0.317 e. The van der Waals surface area contributed by atoms with Gasteiger partial charge in [-0.1, -0.05) is 0 Å². The molecule has 3 rings (SSSR count).